The predicted octanol–water partition coefficient (Wildman–Crippen LogP) is 3.11. The second kappa shape index (κ2) is 6.24. The topological polar surface area (TPSA) is 50.8 Å². The molecule has 0 atom stereocenters. The fourth-order valence-electron chi connectivity index (χ4n) is 3.06. The van der Waals surface area contributed by atoms with Crippen molar-refractivity contribution in [3.05, 3.63) is 47.0 Å². The molecule has 6 heteroatoms. The third-order valence-corrected chi connectivity index (χ3v) is 4.56. The Balaban J connectivity index is 1.47. The van der Waals surface area contributed by atoms with Crippen molar-refractivity contribution in [2.75, 3.05) is 36.5 Å². The lowest BCUT2D eigenvalue weighted by atomic mass is 10.2. The number of hydrogen-bond acceptors (Lipinski definition) is 4. The van der Waals surface area contributed by atoms with Crippen LogP contribution in [0.15, 0.2) is 36.4 Å². The summed E-state index contributed by atoms with van der Waals surface area (Å²) in [4.78, 5) is 14.4. The molecule has 0 bridgehead atoms. The molecule has 2 aromatic rings. The van der Waals surface area contributed by atoms with E-state index in [2.05, 4.69) is 11.4 Å². The Kier molecular flexibility index (Phi) is 3.94. The fourth-order valence-corrected chi connectivity index (χ4v) is 3.28. The summed E-state index contributed by atoms with van der Waals surface area (Å²) in [5.41, 5.74) is 2.88. The van der Waals surface area contributed by atoms with Crippen LogP contribution in [0.25, 0.3) is 0 Å². The number of carbonyl (C=O) groups is 1. The van der Waals surface area contributed by atoms with Gasteiger partial charge in [-0.2, -0.15) is 0 Å². The number of carbonyl (C=O) groups excluding carboxylic acids is 1. The van der Waals surface area contributed by atoms with Crippen molar-refractivity contribution in [1.82, 2.24) is 0 Å². The highest BCUT2D eigenvalue weighted by molar-refractivity contribution is 6.33. The first-order chi connectivity index (χ1) is 11.7. The van der Waals surface area contributed by atoms with Crippen LogP contribution in [-0.4, -0.2) is 32.2 Å². The first kappa shape index (κ1) is 15.1. The number of benzene rings is 2. The summed E-state index contributed by atoms with van der Waals surface area (Å²) in [7, 11) is 0. The van der Waals surface area contributed by atoms with Gasteiger partial charge in [-0.05, 0) is 18.1 Å². The molecule has 0 aromatic heterocycles. The quantitative estimate of drug-likeness (QED) is 0.929. The molecule has 1 amide bonds. The highest BCUT2D eigenvalue weighted by Crippen LogP contribution is 2.38. The van der Waals surface area contributed by atoms with E-state index in [9.17, 15) is 4.79 Å². The minimum absolute atomic E-state index is 0.0194. The average molecular weight is 345 g/mol. The predicted molar refractivity (Wildman–Crippen MR) is 93.4 cm³/mol. The van der Waals surface area contributed by atoms with E-state index in [-0.39, 0.29) is 12.5 Å². The van der Waals surface area contributed by atoms with Crippen molar-refractivity contribution in [3.63, 3.8) is 0 Å². The van der Waals surface area contributed by atoms with Gasteiger partial charge in [-0.1, -0.05) is 29.8 Å². The summed E-state index contributed by atoms with van der Waals surface area (Å²) in [5.74, 6) is 1.30. The van der Waals surface area contributed by atoms with Crippen molar-refractivity contribution >= 4 is 28.9 Å². The average Bonchev–Trinajstić information content (AvgIpc) is 3.04. The summed E-state index contributed by atoms with van der Waals surface area (Å²) < 4.78 is 11.0. The number of halogens is 1. The molecular weight excluding hydrogens is 328 g/mol. The van der Waals surface area contributed by atoms with Gasteiger partial charge in [-0.3, -0.25) is 4.79 Å². The van der Waals surface area contributed by atoms with Crippen LogP contribution in [0.5, 0.6) is 11.5 Å². The van der Waals surface area contributed by atoms with Gasteiger partial charge in [0.1, 0.15) is 13.2 Å². The smallest absolute Gasteiger partial charge is 0.246 e. The van der Waals surface area contributed by atoms with E-state index in [4.69, 9.17) is 21.1 Å². The molecule has 0 radical (unpaired) electrons. The molecule has 0 saturated carbocycles. The zero-order chi connectivity index (χ0) is 16.5. The number of hydrogen-bond donors (Lipinski definition) is 1. The fraction of sp³-hybridized carbons (Fsp3) is 0.278. The van der Waals surface area contributed by atoms with Crippen LogP contribution in [0.4, 0.5) is 11.4 Å². The van der Waals surface area contributed by atoms with Crippen LogP contribution in [-0.2, 0) is 11.2 Å². The normalized spacial score (nSPS) is 15.1. The number of nitrogens with zero attached hydrogens (tertiary/aromatic N) is 1. The van der Waals surface area contributed by atoms with Gasteiger partial charge in [-0.15, -0.1) is 0 Å². The Labute approximate surface area is 145 Å². The van der Waals surface area contributed by atoms with Crippen LogP contribution < -0.4 is 19.7 Å². The van der Waals surface area contributed by atoms with Gasteiger partial charge in [0.05, 0.1) is 17.3 Å². The maximum atomic E-state index is 12.5. The summed E-state index contributed by atoms with van der Waals surface area (Å²) in [6.07, 6.45) is 0.896. The lowest BCUT2D eigenvalue weighted by molar-refractivity contribution is -0.116. The van der Waals surface area contributed by atoms with E-state index in [0.29, 0.717) is 42.0 Å². The van der Waals surface area contributed by atoms with Gasteiger partial charge in [0, 0.05) is 24.4 Å². The van der Waals surface area contributed by atoms with E-state index in [1.54, 1.807) is 12.1 Å². The molecule has 0 fully saturated rings. The Morgan fingerprint density at radius 2 is 1.92 bits per heavy atom. The third kappa shape index (κ3) is 2.76. The molecule has 124 valence electrons. The third-order valence-electron chi connectivity index (χ3n) is 4.25. The standard InChI is InChI=1S/C18H17ClN2O3/c19-13-9-16-17(24-8-7-23-16)10-14(13)20-11-18(22)21-6-5-12-3-1-2-4-15(12)21/h1-4,9-10,20H,5-8,11H2. The Morgan fingerprint density at radius 1 is 1.17 bits per heavy atom. The van der Waals surface area contributed by atoms with Crippen molar-refractivity contribution in [1.29, 1.82) is 0 Å². The van der Waals surface area contributed by atoms with Crippen molar-refractivity contribution in [2.45, 2.75) is 6.42 Å². The maximum Gasteiger partial charge on any atom is 0.246 e. The highest BCUT2D eigenvalue weighted by Gasteiger charge is 2.24. The monoisotopic (exact) mass is 344 g/mol. The summed E-state index contributed by atoms with van der Waals surface area (Å²) >= 11 is 6.26. The number of fused-ring (bicyclic) bond motifs is 2. The lowest BCUT2D eigenvalue weighted by Crippen LogP contribution is -2.34. The molecule has 4 rings (SSSR count). The molecule has 2 aromatic carbocycles. The van der Waals surface area contributed by atoms with Gasteiger partial charge in [0.2, 0.25) is 5.91 Å². The molecule has 0 spiro atoms. The molecule has 0 aliphatic carbocycles. The number of para-hydroxylation sites is 1. The van der Waals surface area contributed by atoms with Crippen LogP contribution in [0.3, 0.4) is 0 Å². The second-order valence-electron chi connectivity index (χ2n) is 5.75. The molecular formula is C18H17ClN2O3. The summed E-state index contributed by atoms with van der Waals surface area (Å²) in [6.45, 7) is 1.92. The zero-order valence-corrected chi connectivity index (χ0v) is 13.8. The second-order valence-corrected chi connectivity index (χ2v) is 6.16. The number of ether oxygens (including phenoxy) is 2. The van der Waals surface area contributed by atoms with Crippen molar-refractivity contribution < 1.29 is 14.3 Å². The van der Waals surface area contributed by atoms with E-state index < -0.39 is 0 Å². The van der Waals surface area contributed by atoms with Crippen molar-refractivity contribution in [2.24, 2.45) is 0 Å². The van der Waals surface area contributed by atoms with Crippen LogP contribution in [0.1, 0.15) is 5.56 Å². The van der Waals surface area contributed by atoms with Gasteiger partial charge in [0.25, 0.3) is 0 Å². The molecule has 0 saturated heterocycles. The van der Waals surface area contributed by atoms with Gasteiger partial charge in [0.15, 0.2) is 11.5 Å². The minimum Gasteiger partial charge on any atom is -0.486 e. The summed E-state index contributed by atoms with van der Waals surface area (Å²) in [6, 6.07) is 11.5. The molecule has 1 N–H and O–H groups in total. The molecule has 0 unspecified atom stereocenters. The Bertz CT molecular complexity index is 794. The first-order valence-electron chi connectivity index (χ1n) is 7.93. The number of rotatable bonds is 3. The van der Waals surface area contributed by atoms with Gasteiger partial charge in [-0.25, -0.2) is 0 Å². The van der Waals surface area contributed by atoms with Gasteiger partial charge < -0.3 is 19.7 Å². The first-order valence-corrected chi connectivity index (χ1v) is 8.31. The van der Waals surface area contributed by atoms with Crippen LogP contribution >= 0.6 is 11.6 Å². The number of anilines is 2. The molecule has 24 heavy (non-hydrogen) atoms. The van der Waals surface area contributed by atoms with Crippen LogP contribution in [0, 0.1) is 0 Å². The molecule has 2 aliphatic heterocycles. The Hall–Kier alpha value is -2.40. The van der Waals surface area contributed by atoms with E-state index >= 15 is 0 Å². The molecule has 2 heterocycles. The van der Waals surface area contributed by atoms with E-state index in [1.807, 2.05) is 23.1 Å². The van der Waals surface area contributed by atoms with Crippen LogP contribution in [0.2, 0.25) is 5.02 Å². The highest BCUT2D eigenvalue weighted by atomic mass is 35.5. The molecule has 5 nitrogen and oxygen atoms in total. The largest absolute Gasteiger partial charge is 0.486 e. The maximum absolute atomic E-state index is 12.5. The lowest BCUT2D eigenvalue weighted by Gasteiger charge is -2.21. The van der Waals surface area contributed by atoms with Gasteiger partial charge >= 0.3 is 0 Å². The molecule has 2 aliphatic rings. The Morgan fingerprint density at radius 3 is 2.75 bits per heavy atom. The number of amides is 1. The number of nitrogens with one attached hydrogen (secondary N) is 1. The zero-order valence-electron chi connectivity index (χ0n) is 13.0. The van der Waals surface area contributed by atoms with E-state index in [1.165, 1.54) is 5.56 Å². The SMILES string of the molecule is O=C(CNc1cc2c(cc1Cl)OCCO2)N1CCc2ccccc21. The van der Waals surface area contributed by atoms with Crippen molar-refractivity contribution in [3.8, 4) is 11.5 Å². The summed E-state index contributed by atoms with van der Waals surface area (Å²) in [5, 5.41) is 3.62. The minimum atomic E-state index is 0.0194. The van der Waals surface area contributed by atoms with E-state index in [0.717, 1.165) is 12.1 Å².